The van der Waals surface area contributed by atoms with Crippen LogP contribution in [0.25, 0.3) is 0 Å². The van der Waals surface area contributed by atoms with Gasteiger partial charge in [0.25, 0.3) is 0 Å². The number of carbonyl (C=O) groups excluding carboxylic acids is 1. The molecule has 0 bridgehead atoms. The Kier molecular flexibility index (Phi) is 4.29. The Morgan fingerprint density at radius 1 is 1.33 bits per heavy atom. The fourth-order valence-corrected chi connectivity index (χ4v) is 3.92. The summed E-state index contributed by atoms with van der Waals surface area (Å²) in [4.78, 5) is 14.0. The maximum absolute atomic E-state index is 12.7. The van der Waals surface area contributed by atoms with Crippen LogP contribution in [0.2, 0.25) is 0 Å². The number of hydrogen-bond acceptors (Lipinski definition) is 2. The van der Waals surface area contributed by atoms with Crippen LogP contribution in [0.15, 0.2) is 24.3 Å². The van der Waals surface area contributed by atoms with Crippen LogP contribution in [-0.2, 0) is 16.6 Å². The Labute approximate surface area is 139 Å². The van der Waals surface area contributed by atoms with Crippen LogP contribution in [0.4, 0.5) is 13.2 Å². The van der Waals surface area contributed by atoms with Crippen molar-refractivity contribution >= 4 is 5.91 Å². The largest absolute Gasteiger partial charge is 0.390 e. The van der Waals surface area contributed by atoms with E-state index in [4.69, 9.17) is 5.26 Å². The zero-order chi connectivity index (χ0) is 17.4. The Bertz CT molecular complexity index is 680. The summed E-state index contributed by atoms with van der Waals surface area (Å²) < 4.78 is 37.5. The van der Waals surface area contributed by atoms with Gasteiger partial charge in [-0.15, -0.1) is 0 Å². The van der Waals surface area contributed by atoms with Crippen molar-refractivity contribution in [3.63, 3.8) is 0 Å². The fraction of sp³-hybridized carbons (Fsp3) is 0.556. The van der Waals surface area contributed by atoms with Crippen molar-refractivity contribution in [3.05, 3.63) is 35.4 Å². The van der Waals surface area contributed by atoms with E-state index in [1.807, 2.05) is 24.3 Å². The van der Waals surface area contributed by atoms with Gasteiger partial charge in [-0.3, -0.25) is 4.79 Å². The summed E-state index contributed by atoms with van der Waals surface area (Å²) in [5, 5.41) is 8.70. The molecule has 1 aromatic carbocycles. The van der Waals surface area contributed by atoms with Gasteiger partial charge in [-0.05, 0) is 30.4 Å². The second-order valence-corrected chi connectivity index (χ2v) is 6.67. The van der Waals surface area contributed by atoms with E-state index in [9.17, 15) is 18.0 Å². The number of fused-ring (bicyclic) bond motifs is 2. The number of benzene rings is 1. The Balaban J connectivity index is 1.72. The molecule has 0 radical (unpaired) electrons. The lowest BCUT2D eigenvalue weighted by Crippen LogP contribution is -2.37. The highest BCUT2D eigenvalue weighted by molar-refractivity contribution is 5.85. The molecular formula is C18H19F3N2O. The van der Waals surface area contributed by atoms with E-state index >= 15 is 0 Å². The second-order valence-electron chi connectivity index (χ2n) is 6.67. The molecule has 0 N–H and O–H groups in total. The van der Waals surface area contributed by atoms with Gasteiger partial charge in [0, 0.05) is 24.4 Å². The summed E-state index contributed by atoms with van der Waals surface area (Å²) in [6, 6.07) is 9.92. The molecule has 2 atom stereocenters. The number of nitrogens with zero attached hydrogens (tertiary/aromatic N) is 2. The number of amides is 1. The summed E-state index contributed by atoms with van der Waals surface area (Å²) >= 11 is 0. The molecule has 2 aliphatic carbocycles. The summed E-state index contributed by atoms with van der Waals surface area (Å²) in [5.41, 5.74) is 2.24. The molecule has 0 unspecified atom stereocenters. The molecule has 0 saturated heterocycles. The van der Waals surface area contributed by atoms with Gasteiger partial charge >= 0.3 is 6.18 Å². The van der Waals surface area contributed by atoms with E-state index in [0.29, 0.717) is 6.42 Å². The first-order chi connectivity index (χ1) is 11.4. The van der Waals surface area contributed by atoms with E-state index < -0.39 is 12.6 Å². The van der Waals surface area contributed by atoms with Crippen LogP contribution >= 0.6 is 0 Å². The molecule has 0 aliphatic heterocycles. The third-order valence-corrected chi connectivity index (χ3v) is 5.24. The van der Waals surface area contributed by atoms with Crippen molar-refractivity contribution in [2.75, 3.05) is 13.1 Å². The average Bonchev–Trinajstić information content (AvgIpc) is 3.15. The van der Waals surface area contributed by atoms with Crippen molar-refractivity contribution in [1.82, 2.24) is 4.90 Å². The fourth-order valence-electron chi connectivity index (χ4n) is 3.92. The minimum atomic E-state index is -4.30. The monoisotopic (exact) mass is 336 g/mol. The smallest absolute Gasteiger partial charge is 0.341 e. The first-order valence-electron chi connectivity index (χ1n) is 8.18. The van der Waals surface area contributed by atoms with Crippen molar-refractivity contribution in [3.8, 4) is 6.07 Å². The van der Waals surface area contributed by atoms with Gasteiger partial charge in [-0.1, -0.05) is 24.3 Å². The van der Waals surface area contributed by atoms with Gasteiger partial charge in [0.05, 0.1) is 18.9 Å². The Morgan fingerprint density at radius 3 is 2.79 bits per heavy atom. The minimum absolute atomic E-state index is 0.0555. The molecule has 1 amide bonds. The lowest BCUT2D eigenvalue weighted by Gasteiger charge is -2.24. The molecule has 6 heteroatoms. The second kappa shape index (κ2) is 6.12. The zero-order valence-electron chi connectivity index (χ0n) is 13.3. The summed E-state index contributed by atoms with van der Waals surface area (Å²) in [6.07, 6.45) is -2.76. The summed E-state index contributed by atoms with van der Waals surface area (Å²) in [5.74, 6) is -0.473. The first kappa shape index (κ1) is 16.8. The number of halogens is 3. The lowest BCUT2D eigenvalue weighted by molar-refractivity contribution is -0.146. The molecule has 3 nitrogen and oxygen atoms in total. The minimum Gasteiger partial charge on any atom is -0.341 e. The molecule has 1 fully saturated rings. The molecular weight excluding hydrogens is 317 g/mol. The highest BCUT2D eigenvalue weighted by atomic mass is 19.4. The molecule has 1 spiro atoms. The lowest BCUT2D eigenvalue weighted by atomic mass is 9.95. The van der Waals surface area contributed by atoms with Gasteiger partial charge in [-0.25, -0.2) is 0 Å². The summed E-state index contributed by atoms with van der Waals surface area (Å²) in [6.45, 7) is -0.294. The van der Waals surface area contributed by atoms with E-state index in [0.717, 1.165) is 12.8 Å². The highest BCUT2D eigenvalue weighted by Crippen LogP contribution is 2.62. The molecule has 24 heavy (non-hydrogen) atoms. The maximum Gasteiger partial charge on any atom is 0.390 e. The number of rotatable bonds is 5. The van der Waals surface area contributed by atoms with Crippen LogP contribution in [0, 0.1) is 17.2 Å². The molecule has 0 aromatic heterocycles. The van der Waals surface area contributed by atoms with Crippen LogP contribution in [0.1, 0.15) is 36.8 Å². The van der Waals surface area contributed by atoms with Crippen molar-refractivity contribution in [2.45, 2.75) is 43.7 Å². The van der Waals surface area contributed by atoms with Gasteiger partial charge in [0.1, 0.15) is 0 Å². The van der Waals surface area contributed by atoms with E-state index in [1.54, 1.807) is 0 Å². The average molecular weight is 336 g/mol. The van der Waals surface area contributed by atoms with Gasteiger partial charge in [0.2, 0.25) is 5.91 Å². The van der Waals surface area contributed by atoms with Crippen LogP contribution in [0.3, 0.4) is 0 Å². The summed E-state index contributed by atoms with van der Waals surface area (Å²) in [7, 11) is 0. The highest BCUT2D eigenvalue weighted by Gasteiger charge is 2.62. The van der Waals surface area contributed by atoms with Crippen molar-refractivity contribution < 1.29 is 18.0 Å². The predicted molar refractivity (Wildman–Crippen MR) is 82.0 cm³/mol. The number of aryl methyl sites for hydroxylation is 1. The standard InChI is InChI=1S/C18H19F3N2O/c19-18(20,21)8-11-23(10-3-9-22)16(24)15-12-17(15)7-6-13-4-1-2-5-14(13)17/h1-2,4-5,15H,3,6-8,10-12H2/t15-,17+/m0/s1. The van der Waals surface area contributed by atoms with E-state index in [1.165, 1.54) is 16.0 Å². The van der Waals surface area contributed by atoms with Gasteiger partial charge < -0.3 is 4.90 Å². The number of nitriles is 1. The SMILES string of the molecule is N#CCCN(CCC(F)(F)F)C(=O)[C@@H]1C[C@@]12CCc1ccccc12. The van der Waals surface area contributed by atoms with Crippen LogP contribution in [0.5, 0.6) is 0 Å². The van der Waals surface area contributed by atoms with E-state index in [-0.39, 0.29) is 36.8 Å². The third-order valence-electron chi connectivity index (χ3n) is 5.24. The third kappa shape index (κ3) is 3.12. The van der Waals surface area contributed by atoms with E-state index in [2.05, 4.69) is 6.07 Å². The molecule has 0 heterocycles. The number of hydrogen-bond donors (Lipinski definition) is 0. The Morgan fingerprint density at radius 2 is 2.08 bits per heavy atom. The van der Waals surface area contributed by atoms with Crippen molar-refractivity contribution in [1.29, 1.82) is 5.26 Å². The van der Waals surface area contributed by atoms with Gasteiger partial charge in [-0.2, -0.15) is 18.4 Å². The first-order valence-corrected chi connectivity index (χ1v) is 8.18. The molecule has 1 saturated carbocycles. The van der Waals surface area contributed by atoms with Crippen molar-refractivity contribution in [2.24, 2.45) is 5.92 Å². The van der Waals surface area contributed by atoms with Crippen LogP contribution < -0.4 is 0 Å². The van der Waals surface area contributed by atoms with Gasteiger partial charge in [0.15, 0.2) is 0 Å². The number of alkyl halides is 3. The normalized spacial score (nSPS) is 24.5. The van der Waals surface area contributed by atoms with Crippen LogP contribution in [-0.4, -0.2) is 30.1 Å². The predicted octanol–water partition coefficient (Wildman–Crippen LogP) is 3.59. The Hall–Kier alpha value is -2.03. The molecule has 3 rings (SSSR count). The quantitative estimate of drug-likeness (QED) is 0.825. The molecule has 1 aromatic rings. The zero-order valence-corrected chi connectivity index (χ0v) is 13.3. The maximum atomic E-state index is 12.7. The molecule has 128 valence electrons. The topological polar surface area (TPSA) is 44.1 Å². The number of carbonyl (C=O) groups is 1. The molecule has 2 aliphatic rings.